The normalized spacial score (nSPS) is 13.8. The van der Waals surface area contributed by atoms with Crippen molar-refractivity contribution >= 4 is 17.3 Å². The van der Waals surface area contributed by atoms with Gasteiger partial charge in [0.25, 0.3) is 0 Å². The molecule has 0 amide bonds. The number of halogens is 4. The summed E-state index contributed by atoms with van der Waals surface area (Å²) in [5.41, 5.74) is 8.54. The van der Waals surface area contributed by atoms with Crippen molar-refractivity contribution in [3.8, 4) is 5.75 Å². The van der Waals surface area contributed by atoms with E-state index in [9.17, 15) is 13.2 Å². The van der Waals surface area contributed by atoms with Gasteiger partial charge in [-0.05, 0) is 63.7 Å². The molecule has 1 fully saturated rings. The number of hydrogen-bond donors (Lipinski definition) is 2. The first-order valence-corrected chi connectivity index (χ1v) is 14.0. The molecular formula is C32H47ClF3N5O. The summed E-state index contributed by atoms with van der Waals surface area (Å²) in [6.07, 6.45) is 4.82. The standard InChI is InChI=1S/C29H38ClF3N4O.C2H4.CH5N/c1-7-9-16-37(21-22(3)34-27-12-14-28(15-13-27)38-29(31,32)33)25(6)24(5)36-19-17-35(18-20-36)23(4)10-11-26(30)8-2;2*1-2/h8,10-15,21,34H,4-7,9,16-20H2,1-3H3;1-2H2;2H2,1H3/b11-10-,22-21+,26-8+;;. The number of rotatable bonds is 13. The highest BCUT2D eigenvalue weighted by Gasteiger charge is 2.31. The molecule has 0 spiro atoms. The number of hydrogen-bond acceptors (Lipinski definition) is 6. The van der Waals surface area contributed by atoms with Crippen LogP contribution in [0.15, 0.2) is 109 Å². The van der Waals surface area contributed by atoms with E-state index < -0.39 is 6.36 Å². The van der Waals surface area contributed by atoms with Crippen LogP contribution in [-0.4, -0.2) is 60.8 Å². The highest BCUT2D eigenvalue weighted by atomic mass is 35.5. The van der Waals surface area contributed by atoms with E-state index in [4.69, 9.17) is 11.6 Å². The number of allylic oxidation sites excluding steroid dienone is 5. The van der Waals surface area contributed by atoms with Crippen molar-refractivity contribution in [3.05, 3.63) is 109 Å². The van der Waals surface area contributed by atoms with E-state index in [1.54, 1.807) is 0 Å². The zero-order valence-electron chi connectivity index (χ0n) is 25.4. The molecular weight excluding hydrogens is 563 g/mol. The third-order valence-corrected chi connectivity index (χ3v) is 6.33. The first-order chi connectivity index (χ1) is 19.9. The van der Waals surface area contributed by atoms with Crippen molar-refractivity contribution in [1.82, 2.24) is 14.7 Å². The van der Waals surface area contributed by atoms with Gasteiger partial charge in [0.15, 0.2) is 0 Å². The summed E-state index contributed by atoms with van der Waals surface area (Å²) in [5.74, 6) is -0.264. The number of piperazine rings is 1. The Morgan fingerprint density at radius 2 is 1.60 bits per heavy atom. The molecule has 3 N–H and O–H groups in total. The van der Waals surface area contributed by atoms with Crippen molar-refractivity contribution in [2.24, 2.45) is 5.73 Å². The second-order valence-electron chi connectivity index (χ2n) is 8.92. The van der Waals surface area contributed by atoms with Gasteiger partial charge in [-0.1, -0.05) is 50.8 Å². The third kappa shape index (κ3) is 14.4. The fourth-order valence-corrected chi connectivity index (χ4v) is 3.89. The van der Waals surface area contributed by atoms with E-state index in [0.717, 1.165) is 68.4 Å². The maximum Gasteiger partial charge on any atom is 0.573 e. The van der Waals surface area contributed by atoms with E-state index >= 15 is 0 Å². The van der Waals surface area contributed by atoms with Crippen LogP contribution in [0.2, 0.25) is 0 Å². The maximum absolute atomic E-state index is 12.4. The van der Waals surface area contributed by atoms with Crippen molar-refractivity contribution in [2.75, 3.05) is 45.1 Å². The Bertz CT molecular complexity index is 1070. The van der Waals surface area contributed by atoms with Gasteiger partial charge in [0.2, 0.25) is 0 Å². The monoisotopic (exact) mass is 609 g/mol. The number of benzene rings is 1. The number of ether oxygens (including phenoxy) is 1. The number of nitrogens with zero attached hydrogens (tertiary/aromatic N) is 3. The Morgan fingerprint density at radius 3 is 2.10 bits per heavy atom. The molecule has 6 nitrogen and oxygen atoms in total. The number of nitrogens with one attached hydrogen (secondary N) is 1. The molecule has 0 unspecified atom stereocenters. The lowest BCUT2D eigenvalue weighted by atomic mass is 10.2. The molecule has 1 aliphatic rings. The topological polar surface area (TPSA) is 57.0 Å². The molecule has 42 heavy (non-hydrogen) atoms. The molecule has 234 valence electrons. The summed E-state index contributed by atoms with van der Waals surface area (Å²) in [6, 6.07) is 5.63. The second-order valence-corrected chi connectivity index (χ2v) is 9.36. The van der Waals surface area contributed by atoms with E-state index in [2.05, 4.69) is 70.3 Å². The summed E-state index contributed by atoms with van der Waals surface area (Å²) in [5, 5.41) is 3.89. The second kappa shape index (κ2) is 20.3. The number of nitrogens with two attached hydrogens (primary N) is 1. The lowest BCUT2D eigenvalue weighted by Crippen LogP contribution is -2.45. The van der Waals surface area contributed by atoms with Gasteiger partial charge < -0.3 is 30.5 Å². The van der Waals surface area contributed by atoms with Gasteiger partial charge in [-0.2, -0.15) is 0 Å². The maximum atomic E-state index is 12.4. The quantitative estimate of drug-likeness (QED) is 0.174. The van der Waals surface area contributed by atoms with Crippen LogP contribution < -0.4 is 15.8 Å². The van der Waals surface area contributed by atoms with Crippen LogP contribution in [-0.2, 0) is 0 Å². The van der Waals surface area contributed by atoms with Crippen LogP contribution in [0.25, 0.3) is 0 Å². The fourth-order valence-electron chi connectivity index (χ4n) is 3.83. The lowest BCUT2D eigenvalue weighted by Gasteiger charge is -2.40. The Labute approximate surface area is 255 Å². The largest absolute Gasteiger partial charge is 0.573 e. The van der Waals surface area contributed by atoms with Crippen molar-refractivity contribution in [2.45, 2.75) is 40.0 Å². The number of unbranched alkanes of at least 4 members (excludes halogenated alkanes) is 1. The summed E-state index contributed by atoms with van der Waals surface area (Å²) >= 11 is 6.05. The van der Waals surface area contributed by atoms with Gasteiger partial charge in [0.05, 0.1) is 11.4 Å². The molecule has 1 saturated heterocycles. The SMILES string of the molecule is C=C.C=C(C(=C)N1CCN(C(=C)/C=C\C(Cl)=C/C)CC1)N(/C=C(\C)Nc1ccc(OC(F)(F)F)cc1)CCCC.CN. The van der Waals surface area contributed by atoms with Gasteiger partial charge in [-0.25, -0.2) is 0 Å². The summed E-state index contributed by atoms with van der Waals surface area (Å²) in [4.78, 5) is 6.52. The number of anilines is 1. The average Bonchev–Trinajstić information content (AvgIpc) is 2.99. The smallest absolute Gasteiger partial charge is 0.406 e. The Kier molecular flexibility index (Phi) is 18.6. The molecule has 1 aromatic rings. The van der Waals surface area contributed by atoms with Gasteiger partial charge >= 0.3 is 6.36 Å². The molecule has 0 atom stereocenters. The highest BCUT2D eigenvalue weighted by Crippen LogP contribution is 2.25. The third-order valence-electron chi connectivity index (χ3n) is 5.99. The van der Waals surface area contributed by atoms with E-state index in [0.29, 0.717) is 10.7 Å². The molecule has 0 aromatic heterocycles. The first-order valence-electron chi connectivity index (χ1n) is 13.7. The minimum Gasteiger partial charge on any atom is -0.406 e. The molecule has 0 radical (unpaired) electrons. The Balaban J connectivity index is 0.00000402. The minimum atomic E-state index is -4.72. The summed E-state index contributed by atoms with van der Waals surface area (Å²) < 4.78 is 41.2. The predicted octanol–water partition coefficient (Wildman–Crippen LogP) is 8.20. The van der Waals surface area contributed by atoms with Crippen LogP contribution in [0.3, 0.4) is 0 Å². The van der Waals surface area contributed by atoms with Gasteiger partial charge in [-0.3, -0.25) is 0 Å². The summed E-state index contributed by atoms with van der Waals surface area (Å²) in [7, 11) is 1.50. The Hall–Kier alpha value is -3.56. The molecule has 1 aliphatic heterocycles. The molecule has 2 rings (SSSR count). The van der Waals surface area contributed by atoms with Crippen LogP contribution in [0.5, 0.6) is 5.75 Å². The molecule has 0 bridgehead atoms. The molecule has 1 aromatic carbocycles. The van der Waals surface area contributed by atoms with Gasteiger partial charge in [0.1, 0.15) is 5.75 Å². The minimum absolute atomic E-state index is 0.264. The van der Waals surface area contributed by atoms with Crippen LogP contribution in [0.4, 0.5) is 18.9 Å². The molecule has 10 heteroatoms. The Morgan fingerprint density at radius 1 is 1.05 bits per heavy atom. The van der Waals surface area contributed by atoms with E-state index in [1.165, 1.54) is 31.3 Å². The average molecular weight is 610 g/mol. The van der Waals surface area contributed by atoms with Gasteiger partial charge in [-0.15, -0.1) is 26.3 Å². The lowest BCUT2D eigenvalue weighted by molar-refractivity contribution is -0.274. The fraction of sp³-hybridized carbons (Fsp3) is 0.375. The van der Waals surface area contributed by atoms with E-state index in [-0.39, 0.29) is 5.75 Å². The van der Waals surface area contributed by atoms with Crippen molar-refractivity contribution in [3.63, 3.8) is 0 Å². The molecule has 0 saturated carbocycles. The molecule has 0 aliphatic carbocycles. The van der Waals surface area contributed by atoms with Crippen molar-refractivity contribution in [1.29, 1.82) is 0 Å². The first kappa shape index (κ1) is 38.4. The number of alkyl halides is 3. The van der Waals surface area contributed by atoms with E-state index in [1.807, 2.05) is 38.3 Å². The van der Waals surface area contributed by atoms with Gasteiger partial charge in [0, 0.05) is 61.0 Å². The molecule has 1 heterocycles. The van der Waals surface area contributed by atoms with Crippen LogP contribution in [0, 0.1) is 0 Å². The zero-order valence-corrected chi connectivity index (χ0v) is 26.2. The van der Waals surface area contributed by atoms with Crippen LogP contribution in [0.1, 0.15) is 33.6 Å². The van der Waals surface area contributed by atoms with Crippen LogP contribution >= 0.6 is 11.6 Å². The highest BCUT2D eigenvalue weighted by molar-refractivity contribution is 6.31. The predicted molar refractivity (Wildman–Crippen MR) is 173 cm³/mol. The summed E-state index contributed by atoms with van der Waals surface area (Å²) in [6.45, 7) is 28.7. The van der Waals surface area contributed by atoms with Crippen molar-refractivity contribution < 1.29 is 17.9 Å². The zero-order chi connectivity index (χ0) is 32.3.